The maximum atomic E-state index is 13.1. The number of rotatable bonds is 5. The molecular weight excluding hydrogens is 460 g/mol. The Hall–Kier alpha value is -2.97. The minimum atomic E-state index is -0.686. The molecule has 31 heavy (non-hydrogen) atoms. The fourth-order valence-corrected chi connectivity index (χ4v) is 4.20. The fourth-order valence-electron chi connectivity index (χ4n) is 3.94. The lowest BCUT2D eigenvalue weighted by atomic mass is 9.96. The molecule has 4 rings (SSSR count). The second kappa shape index (κ2) is 8.28. The number of halogens is 1. The Bertz CT molecular complexity index is 1200. The number of aryl methyl sites for hydroxylation is 1. The van der Waals surface area contributed by atoms with Gasteiger partial charge in [-0.2, -0.15) is 0 Å². The van der Waals surface area contributed by atoms with Crippen molar-refractivity contribution in [1.82, 2.24) is 19.2 Å². The van der Waals surface area contributed by atoms with Gasteiger partial charge in [-0.25, -0.2) is 4.98 Å². The molecule has 1 N–H and O–H groups in total. The maximum absolute atomic E-state index is 13.1. The number of aliphatic hydroxyl groups is 1. The fraction of sp³-hybridized carbons (Fsp3) is 0.261. The summed E-state index contributed by atoms with van der Waals surface area (Å²) in [6.07, 6.45) is 1.78. The molecule has 1 unspecified atom stereocenters. The number of carbonyl (C=O) groups is 2. The van der Waals surface area contributed by atoms with Crippen molar-refractivity contribution in [3.8, 4) is 0 Å². The van der Waals surface area contributed by atoms with E-state index in [9.17, 15) is 14.7 Å². The third-order valence-corrected chi connectivity index (χ3v) is 5.97. The molecule has 160 valence electrons. The highest BCUT2D eigenvalue weighted by atomic mass is 79.9. The molecule has 1 aliphatic heterocycles. The van der Waals surface area contributed by atoms with Crippen LogP contribution in [0.2, 0.25) is 0 Å². The number of amides is 1. The Balaban J connectivity index is 1.92. The van der Waals surface area contributed by atoms with Crippen LogP contribution in [0, 0.1) is 6.92 Å². The lowest BCUT2D eigenvalue weighted by Crippen LogP contribution is -2.35. The Morgan fingerprint density at radius 2 is 1.87 bits per heavy atom. The summed E-state index contributed by atoms with van der Waals surface area (Å²) >= 11 is 3.43. The monoisotopic (exact) mass is 482 g/mol. The molecule has 1 atom stereocenters. The van der Waals surface area contributed by atoms with Gasteiger partial charge in [0, 0.05) is 23.8 Å². The number of carbonyl (C=O) groups excluding carboxylic acids is 2. The highest BCUT2D eigenvalue weighted by Crippen LogP contribution is 2.40. The van der Waals surface area contributed by atoms with Gasteiger partial charge < -0.3 is 14.9 Å². The molecule has 3 aromatic rings. The van der Waals surface area contributed by atoms with Crippen LogP contribution in [0.3, 0.4) is 0 Å². The van der Waals surface area contributed by atoms with E-state index in [1.165, 1.54) is 4.90 Å². The zero-order valence-corrected chi connectivity index (χ0v) is 19.1. The highest BCUT2D eigenvalue weighted by molar-refractivity contribution is 9.10. The van der Waals surface area contributed by atoms with Gasteiger partial charge in [-0.05, 0) is 50.8 Å². The van der Waals surface area contributed by atoms with Crippen molar-refractivity contribution in [1.29, 1.82) is 0 Å². The minimum Gasteiger partial charge on any atom is -0.505 e. The van der Waals surface area contributed by atoms with E-state index in [4.69, 9.17) is 0 Å². The first-order chi connectivity index (χ1) is 14.8. The van der Waals surface area contributed by atoms with Crippen molar-refractivity contribution >= 4 is 39.0 Å². The number of pyridine rings is 1. The zero-order chi connectivity index (χ0) is 22.3. The summed E-state index contributed by atoms with van der Waals surface area (Å²) in [6.45, 7) is 2.73. The number of aliphatic hydroxyl groups excluding tert-OH is 1. The van der Waals surface area contributed by atoms with Gasteiger partial charge in [-0.1, -0.05) is 34.1 Å². The SMILES string of the molecule is Cc1nc2ccccn2c1/C(O)=C1/C(=O)C(=O)N(CCN(C)C)C1c1ccc(Br)cc1. The summed E-state index contributed by atoms with van der Waals surface area (Å²) in [5.41, 5.74) is 2.50. The first-order valence-corrected chi connectivity index (χ1v) is 10.7. The first kappa shape index (κ1) is 21.3. The largest absolute Gasteiger partial charge is 0.505 e. The Kier molecular flexibility index (Phi) is 5.68. The number of likely N-dealkylation sites (tertiary alicyclic amines) is 1. The van der Waals surface area contributed by atoms with Crippen LogP contribution in [0.25, 0.3) is 11.4 Å². The van der Waals surface area contributed by atoms with E-state index in [1.807, 2.05) is 61.5 Å². The lowest BCUT2D eigenvalue weighted by Gasteiger charge is -2.26. The topological polar surface area (TPSA) is 78.1 Å². The normalized spacial score (nSPS) is 18.5. The molecule has 0 saturated carbocycles. The maximum Gasteiger partial charge on any atom is 0.295 e. The lowest BCUT2D eigenvalue weighted by molar-refractivity contribution is -0.140. The molecule has 1 saturated heterocycles. The van der Waals surface area contributed by atoms with Gasteiger partial charge in [0.05, 0.1) is 17.3 Å². The van der Waals surface area contributed by atoms with Crippen molar-refractivity contribution in [3.05, 3.63) is 75.7 Å². The second-order valence-electron chi connectivity index (χ2n) is 7.82. The summed E-state index contributed by atoms with van der Waals surface area (Å²) in [7, 11) is 3.82. The molecule has 2 aromatic heterocycles. The van der Waals surface area contributed by atoms with Crippen LogP contribution in [0.4, 0.5) is 0 Å². The number of imidazole rings is 1. The van der Waals surface area contributed by atoms with Crippen molar-refractivity contribution in [2.75, 3.05) is 27.2 Å². The molecule has 1 fully saturated rings. The molecule has 3 heterocycles. The summed E-state index contributed by atoms with van der Waals surface area (Å²) < 4.78 is 2.62. The third-order valence-electron chi connectivity index (χ3n) is 5.44. The van der Waals surface area contributed by atoms with E-state index < -0.39 is 17.7 Å². The number of likely N-dealkylation sites (N-methyl/N-ethyl adjacent to an activating group) is 1. The van der Waals surface area contributed by atoms with Crippen molar-refractivity contribution in [2.45, 2.75) is 13.0 Å². The second-order valence-corrected chi connectivity index (χ2v) is 8.74. The number of nitrogens with zero attached hydrogens (tertiary/aromatic N) is 4. The van der Waals surface area contributed by atoms with Crippen LogP contribution in [0.5, 0.6) is 0 Å². The Labute approximate surface area is 188 Å². The standard InChI is InChI=1S/C23H23BrN4O3/c1-14-19(27-11-5-4-6-17(27)25-14)21(29)18-20(15-7-9-16(24)10-8-15)28(13-12-26(2)3)23(31)22(18)30/h4-11,20,29H,12-13H2,1-3H3/b21-18-. The Morgan fingerprint density at radius 1 is 1.16 bits per heavy atom. The number of fused-ring (bicyclic) bond motifs is 1. The van der Waals surface area contributed by atoms with Gasteiger partial charge in [0.1, 0.15) is 11.3 Å². The van der Waals surface area contributed by atoms with Gasteiger partial charge in [-0.3, -0.25) is 14.0 Å². The number of Topliss-reactive ketones (excluding diaryl/α,β-unsaturated/α-hetero) is 1. The van der Waals surface area contributed by atoms with Crippen molar-refractivity contribution in [2.24, 2.45) is 0 Å². The van der Waals surface area contributed by atoms with E-state index in [0.29, 0.717) is 30.1 Å². The van der Waals surface area contributed by atoms with Gasteiger partial charge in [0.2, 0.25) is 0 Å². The number of benzene rings is 1. The molecule has 1 aliphatic rings. The van der Waals surface area contributed by atoms with Crippen molar-refractivity contribution < 1.29 is 14.7 Å². The summed E-state index contributed by atoms with van der Waals surface area (Å²) in [6, 6.07) is 12.3. The van der Waals surface area contributed by atoms with Gasteiger partial charge in [-0.15, -0.1) is 0 Å². The van der Waals surface area contributed by atoms with Gasteiger partial charge >= 0.3 is 0 Å². The molecule has 1 amide bonds. The molecule has 7 nitrogen and oxygen atoms in total. The van der Waals surface area contributed by atoms with E-state index >= 15 is 0 Å². The molecule has 0 radical (unpaired) electrons. The van der Waals surface area contributed by atoms with Crippen LogP contribution in [0.1, 0.15) is 23.0 Å². The first-order valence-electron chi connectivity index (χ1n) is 9.92. The van der Waals surface area contributed by atoms with Gasteiger partial charge in [0.25, 0.3) is 11.7 Å². The van der Waals surface area contributed by atoms with Crippen LogP contribution >= 0.6 is 15.9 Å². The predicted molar refractivity (Wildman–Crippen MR) is 122 cm³/mol. The number of ketones is 1. The van der Waals surface area contributed by atoms with Gasteiger partial charge in [0.15, 0.2) is 5.76 Å². The highest BCUT2D eigenvalue weighted by Gasteiger charge is 2.46. The molecule has 0 spiro atoms. The van der Waals surface area contributed by atoms with E-state index in [-0.39, 0.29) is 11.3 Å². The average Bonchev–Trinajstić information content (AvgIpc) is 3.20. The van der Waals surface area contributed by atoms with Crippen molar-refractivity contribution in [3.63, 3.8) is 0 Å². The predicted octanol–water partition coefficient (Wildman–Crippen LogP) is 3.39. The van der Waals surface area contributed by atoms with E-state index in [0.717, 1.165) is 10.0 Å². The summed E-state index contributed by atoms with van der Waals surface area (Å²) in [5, 5.41) is 11.4. The average molecular weight is 483 g/mol. The number of aromatic nitrogens is 2. The molecule has 0 aliphatic carbocycles. The minimum absolute atomic E-state index is 0.0832. The molecule has 1 aromatic carbocycles. The Morgan fingerprint density at radius 3 is 2.55 bits per heavy atom. The van der Waals surface area contributed by atoms with Crippen LogP contribution < -0.4 is 0 Å². The smallest absolute Gasteiger partial charge is 0.295 e. The number of hydrogen-bond acceptors (Lipinski definition) is 5. The zero-order valence-electron chi connectivity index (χ0n) is 17.5. The molecule has 8 heteroatoms. The summed E-state index contributed by atoms with van der Waals surface area (Å²) in [4.78, 5) is 34.1. The summed E-state index contributed by atoms with van der Waals surface area (Å²) in [5.74, 6) is -1.51. The van der Waals surface area contributed by atoms with E-state index in [1.54, 1.807) is 17.5 Å². The number of hydrogen-bond donors (Lipinski definition) is 1. The van der Waals surface area contributed by atoms with E-state index in [2.05, 4.69) is 20.9 Å². The van der Waals surface area contributed by atoms with Crippen LogP contribution in [-0.2, 0) is 9.59 Å². The molecule has 0 bridgehead atoms. The molecular formula is C23H23BrN4O3. The quantitative estimate of drug-likeness (QED) is 0.342. The van der Waals surface area contributed by atoms with Crippen LogP contribution in [0.15, 0.2) is 58.7 Å². The van der Waals surface area contributed by atoms with Crippen LogP contribution in [-0.4, -0.2) is 63.2 Å². The third kappa shape index (κ3) is 3.77.